The van der Waals surface area contributed by atoms with Gasteiger partial charge in [-0.3, -0.25) is 24.4 Å². The lowest BCUT2D eigenvalue weighted by Crippen LogP contribution is -2.42. The first-order valence-electron chi connectivity index (χ1n) is 10.0. The van der Waals surface area contributed by atoms with Crippen molar-refractivity contribution in [3.8, 4) is 0 Å². The monoisotopic (exact) mass is 485 g/mol. The zero-order valence-corrected chi connectivity index (χ0v) is 19.2. The Kier molecular flexibility index (Phi) is 6.97. The summed E-state index contributed by atoms with van der Waals surface area (Å²) in [5, 5.41) is 5.51. The highest BCUT2D eigenvalue weighted by atomic mass is 35.5. The van der Waals surface area contributed by atoms with Crippen molar-refractivity contribution in [1.29, 1.82) is 0 Å². The molecule has 1 unspecified atom stereocenters. The molecule has 0 saturated carbocycles. The summed E-state index contributed by atoms with van der Waals surface area (Å²) in [6, 6.07) is 7.37. The van der Waals surface area contributed by atoms with E-state index in [4.69, 9.17) is 16.3 Å². The minimum atomic E-state index is -1.08. The lowest BCUT2D eigenvalue weighted by Gasteiger charge is -2.28. The number of morpholine rings is 1. The fourth-order valence-electron chi connectivity index (χ4n) is 3.40. The molecule has 1 atom stereocenters. The number of hydrogen-bond acceptors (Lipinski definition) is 7. The highest BCUT2D eigenvalue weighted by Gasteiger charge is 2.26. The van der Waals surface area contributed by atoms with Crippen LogP contribution in [0.25, 0.3) is 0 Å². The first kappa shape index (κ1) is 22.8. The Labute approximate surface area is 198 Å². The van der Waals surface area contributed by atoms with Crippen molar-refractivity contribution in [1.82, 2.24) is 15.3 Å². The number of benzene rings is 1. The Morgan fingerprint density at radius 3 is 2.76 bits per heavy atom. The fourth-order valence-corrected chi connectivity index (χ4v) is 4.34. The molecule has 0 radical (unpaired) electrons. The molecule has 2 aromatic heterocycles. The maximum Gasteiger partial charge on any atom is 0.262 e. The van der Waals surface area contributed by atoms with Crippen molar-refractivity contribution in [2.24, 2.45) is 0 Å². The molecule has 1 saturated heterocycles. The first-order valence-corrected chi connectivity index (χ1v) is 11.2. The van der Waals surface area contributed by atoms with Gasteiger partial charge in [-0.2, -0.15) is 0 Å². The Hall–Kier alpha value is -3.34. The molecule has 3 amide bonds. The summed E-state index contributed by atoms with van der Waals surface area (Å²) in [5.74, 6) is -1.04. The van der Waals surface area contributed by atoms with E-state index in [1.165, 1.54) is 18.6 Å². The second-order valence-electron chi connectivity index (χ2n) is 7.23. The number of thiophene rings is 1. The maximum atomic E-state index is 13.1. The summed E-state index contributed by atoms with van der Waals surface area (Å²) >= 11 is 7.04. The van der Waals surface area contributed by atoms with Crippen LogP contribution in [0.2, 0.25) is 4.34 Å². The van der Waals surface area contributed by atoms with Gasteiger partial charge in [-0.25, -0.2) is 0 Å². The van der Waals surface area contributed by atoms with Gasteiger partial charge >= 0.3 is 0 Å². The number of halogens is 1. The lowest BCUT2D eigenvalue weighted by molar-refractivity contribution is -0.125. The smallest absolute Gasteiger partial charge is 0.262 e. The van der Waals surface area contributed by atoms with Gasteiger partial charge in [0.1, 0.15) is 6.61 Å². The van der Waals surface area contributed by atoms with Crippen LogP contribution in [-0.4, -0.2) is 47.4 Å². The van der Waals surface area contributed by atoms with Crippen LogP contribution >= 0.6 is 22.9 Å². The molecule has 3 heterocycles. The van der Waals surface area contributed by atoms with E-state index < -0.39 is 17.9 Å². The third kappa shape index (κ3) is 5.36. The number of aryl methyl sites for hydroxylation is 1. The lowest BCUT2D eigenvalue weighted by atomic mass is 10.1. The van der Waals surface area contributed by atoms with Gasteiger partial charge in [-0.15, -0.1) is 11.3 Å². The largest absolute Gasteiger partial charge is 0.370 e. The molecule has 4 rings (SSSR count). The Morgan fingerprint density at radius 2 is 2.09 bits per heavy atom. The number of ether oxygens (including phenoxy) is 1. The summed E-state index contributed by atoms with van der Waals surface area (Å²) in [6.07, 6.45) is 4.35. The normalized spacial score (nSPS) is 14.6. The van der Waals surface area contributed by atoms with Crippen LogP contribution in [0.5, 0.6) is 0 Å². The van der Waals surface area contributed by atoms with Crippen LogP contribution in [0.1, 0.15) is 27.0 Å². The van der Waals surface area contributed by atoms with Gasteiger partial charge in [0.15, 0.2) is 6.04 Å². The average Bonchev–Trinajstić information content (AvgIpc) is 3.25. The predicted octanol–water partition coefficient (Wildman–Crippen LogP) is 2.97. The number of nitrogens with one attached hydrogen (secondary N) is 2. The van der Waals surface area contributed by atoms with E-state index in [-0.39, 0.29) is 12.5 Å². The third-order valence-corrected chi connectivity index (χ3v) is 6.18. The van der Waals surface area contributed by atoms with Crippen LogP contribution in [0.15, 0.2) is 48.9 Å². The van der Waals surface area contributed by atoms with E-state index in [0.717, 1.165) is 22.6 Å². The topological polar surface area (TPSA) is 114 Å². The summed E-state index contributed by atoms with van der Waals surface area (Å²) in [4.78, 5) is 48.2. The number of amides is 3. The van der Waals surface area contributed by atoms with Crippen molar-refractivity contribution in [2.45, 2.75) is 13.0 Å². The quantitative estimate of drug-likeness (QED) is 0.555. The van der Waals surface area contributed by atoms with E-state index in [0.29, 0.717) is 33.7 Å². The van der Waals surface area contributed by atoms with Gasteiger partial charge in [0.25, 0.3) is 17.7 Å². The number of hydrogen-bond donors (Lipinski definition) is 2. The Morgan fingerprint density at radius 1 is 1.24 bits per heavy atom. The van der Waals surface area contributed by atoms with Crippen LogP contribution in [0.3, 0.4) is 0 Å². The average molecular weight is 486 g/mol. The van der Waals surface area contributed by atoms with E-state index in [1.807, 2.05) is 6.92 Å². The molecule has 170 valence electrons. The molecule has 11 heteroatoms. The third-order valence-electron chi connectivity index (χ3n) is 4.95. The highest BCUT2D eigenvalue weighted by Crippen LogP contribution is 2.26. The second kappa shape index (κ2) is 10.1. The summed E-state index contributed by atoms with van der Waals surface area (Å²) in [5.41, 5.74) is 2.38. The van der Waals surface area contributed by atoms with E-state index in [2.05, 4.69) is 20.6 Å². The zero-order valence-electron chi connectivity index (χ0n) is 17.6. The van der Waals surface area contributed by atoms with Gasteiger partial charge in [-0.1, -0.05) is 11.6 Å². The standard InChI is InChI=1S/C22H20ClN5O4S/c1-13-10-14(2-3-16(13)28-8-9-32-12-19(28)29)26-22(31)20(15-11-24-6-7-25-15)27-21(30)17-4-5-18(23)33-17/h2-7,10-11,20H,8-9,12H2,1H3,(H,26,31)(H,27,30). The SMILES string of the molecule is Cc1cc(NC(=O)C(NC(=O)c2ccc(Cl)s2)c2cnccn2)ccc1N1CCOCC1=O. The number of rotatable bonds is 6. The molecule has 9 nitrogen and oxygen atoms in total. The maximum absolute atomic E-state index is 13.1. The molecule has 1 aliphatic heterocycles. The van der Waals surface area contributed by atoms with E-state index in [1.54, 1.807) is 35.2 Å². The zero-order chi connectivity index (χ0) is 23.4. The van der Waals surface area contributed by atoms with Gasteiger partial charge in [-0.05, 0) is 42.8 Å². The highest BCUT2D eigenvalue weighted by molar-refractivity contribution is 7.18. The van der Waals surface area contributed by atoms with Gasteiger partial charge in [0, 0.05) is 30.3 Å². The van der Waals surface area contributed by atoms with Crippen LogP contribution in [0.4, 0.5) is 11.4 Å². The van der Waals surface area contributed by atoms with E-state index >= 15 is 0 Å². The summed E-state index contributed by atoms with van der Waals surface area (Å²) in [6.45, 7) is 2.85. The van der Waals surface area contributed by atoms with E-state index in [9.17, 15) is 14.4 Å². The van der Waals surface area contributed by atoms with Crippen molar-refractivity contribution >= 4 is 52.0 Å². The fraction of sp³-hybridized carbons (Fsp3) is 0.227. The molecule has 2 N–H and O–H groups in total. The Balaban J connectivity index is 1.53. The molecule has 3 aromatic rings. The molecule has 1 aromatic carbocycles. The number of anilines is 2. The van der Waals surface area contributed by atoms with Gasteiger partial charge in [0.05, 0.1) is 27.7 Å². The molecule has 0 bridgehead atoms. The molecule has 0 aliphatic carbocycles. The van der Waals surface area contributed by atoms with Crippen molar-refractivity contribution in [3.05, 3.63) is 69.4 Å². The summed E-state index contributed by atoms with van der Waals surface area (Å²) < 4.78 is 5.65. The summed E-state index contributed by atoms with van der Waals surface area (Å²) in [7, 11) is 0. The molecular formula is C22H20ClN5O4S. The van der Waals surface area contributed by atoms with Crippen molar-refractivity contribution in [3.63, 3.8) is 0 Å². The molecule has 1 aliphatic rings. The molecular weight excluding hydrogens is 466 g/mol. The number of nitrogens with zero attached hydrogens (tertiary/aromatic N) is 3. The number of carbonyl (C=O) groups is 3. The van der Waals surface area contributed by atoms with Gasteiger partial charge < -0.3 is 20.3 Å². The Bertz CT molecular complexity index is 1190. The molecule has 1 fully saturated rings. The number of carbonyl (C=O) groups excluding carboxylic acids is 3. The minimum absolute atomic E-state index is 0.0485. The number of aromatic nitrogens is 2. The van der Waals surface area contributed by atoms with Crippen molar-refractivity contribution in [2.75, 3.05) is 30.0 Å². The van der Waals surface area contributed by atoms with Crippen molar-refractivity contribution < 1.29 is 19.1 Å². The van der Waals surface area contributed by atoms with Gasteiger partial charge in [0.2, 0.25) is 0 Å². The first-order chi connectivity index (χ1) is 15.9. The van der Waals surface area contributed by atoms with Crippen LogP contribution in [0, 0.1) is 6.92 Å². The van der Waals surface area contributed by atoms with Crippen LogP contribution < -0.4 is 15.5 Å². The molecule has 0 spiro atoms. The van der Waals surface area contributed by atoms with Crippen LogP contribution in [-0.2, 0) is 14.3 Å². The second-order valence-corrected chi connectivity index (χ2v) is 8.94. The molecule has 33 heavy (non-hydrogen) atoms. The predicted molar refractivity (Wildman–Crippen MR) is 125 cm³/mol. The minimum Gasteiger partial charge on any atom is -0.370 e.